The number of carbonyl (C=O) groups is 2. The van der Waals surface area contributed by atoms with Gasteiger partial charge in [-0.05, 0) is 17.5 Å². The lowest BCUT2D eigenvalue weighted by atomic mass is 9.93. The number of hydrogen-bond donors (Lipinski definition) is 1. The van der Waals surface area contributed by atoms with Crippen LogP contribution in [-0.4, -0.2) is 48.3 Å². The molecule has 1 aliphatic rings. The SMILES string of the molecule is CN(C)C(=O)CCN1Cc2ccccc2C[C@H]1C(N)=O. The van der Waals surface area contributed by atoms with Crippen LogP contribution in [-0.2, 0) is 22.6 Å². The van der Waals surface area contributed by atoms with Crippen molar-refractivity contribution in [2.75, 3.05) is 20.6 Å². The Morgan fingerprint density at radius 3 is 2.55 bits per heavy atom. The van der Waals surface area contributed by atoms with E-state index in [1.165, 1.54) is 11.1 Å². The van der Waals surface area contributed by atoms with Crippen molar-refractivity contribution in [1.29, 1.82) is 0 Å². The summed E-state index contributed by atoms with van der Waals surface area (Å²) in [7, 11) is 3.47. The van der Waals surface area contributed by atoms with Crippen molar-refractivity contribution in [1.82, 2.24) is 9.80 Å². The van der Waals surface area contributed by atoms with Crippen LogP contribution in [0.1, 0.15) is 17.5 Å². The average molecular weight is 275 g/mol. The molecule has 0 saturated carbocycles. The molecule has 5 heteroatoms. The summed E-state index contributed by atoms with van der Waals surface area (Å²) in [5, 5.41) is 0. The van der Waals surface area contributed by atoms with Gasteiger partial charge < -0.3 is 10.6 Å². The van der Waals surface area contributed by atoms with Crippen LogP contribution in [0.2, 0.25) is 0 Å². The van der Waals surface area contributed by atoms with Gasteiger partial charge in [0.05, 0.1) is 6.04 Å². The normalized spacial score (nSPS) is 18.4. The molecule has 0 spiro atoms. The standard InChI is InChI=1S/C15H21N3O2/c1-17(2)14(19)7-8-18-10-12-6-4-3-5-11(12)9-13(18)15(16)20/h3-6,13H,7-10H2,1-2H3,(H2,16,20)/t13-/m0/s1. The second-order valence-corrected chi connectivity index (χ2v) is 5.40. The number of carbonyl (C=O) groups excluding carboxylic acids is 2. The van der Waals surface area contributed by atoms with E-state index < -0.39 is 0 Å². The molecule has 0 aliphatic carbocycles. The molecule has 0 saturated heterocycles. The first-order valence-electron chi connectivity index (χ1n) is 6.79. The topological polar surface area (TPSA) is 66.6 Å². The van der Waals surface area contributed by atoms with Gasteiger partial charge in [-0.15, -0.1) is 0 Å². The highest BCUT2D eigenvalue weighted by Gasteiger charge is 2.29. The number of hydrogen-bond acceptors (Lipinski definition) is 3. The second-order valence-electron chi connectivity index (χ2n) is 5.40. The van der Waals surface area contributed by atoms with Crippen LogP contribution < -0.4 is 5.73 Å². The van der Waals surface area contributed by atoms with Gasteiger partial charge in [0.25, 0.3) is 0 Å². The van der Waals surface area contributed by atoms with Crippen molar-refractivity contribution in [3.8, 4) is 0 Å². The molecule has 1 atom stereocenters. The molecule has 1 aromatic rings. The van der Waals surface area contributed by atoms with E-state index in [0.717, 1.165) is 0 Å². The summed E-state index contributed by atoms with van der Waals surface area (Å²) in [6.07, 6.45) is 1.03. The number of rotatable bonds is 4. The zero-order valence-electron chi connectivity index (χ0n) is 12.0. The Kier molecular flexibility index (Phi) is 4.39. The highest BCUT2D eigenvalue weighted by molar-refractivity contribution is 5.81. The van der Waals surface area contributed by atoms with E-state index in [2.05, 4.69) is 6.07 Å². The Morgan fingerprint density at radius 1 is 1.30 bits per heavy atom. The Balaban J connectivity index is 2.10. The van der Waals surface area contributed by atoms with Crippen LogP contribution in [0.4, 0.5) is 0 Å². The summed E-state index contributed by atoms with van der Waals surface area (Å²) in [4.78, 5) is 26.9. The maximum Gasteiger partial charge on any atom is 0.235 e. The minimum Gasteiger partial charge on any atom is -0.368 e. The molecule has 1 aromatic carbocycles. The highest BCUT2D eigenvalue weighted by Crippen LogP contribution is 2.23. The fourth-order valence-corrected chi connectivity index (χ4v) is 2.56. The zero-order chi connectivity index (χ0) is 14.7. The van der Waals surface area contributed by atoms with Gasteiger partial charge in [0.2, 0.25) is 11.8 Å². The van der Waals surface area contributed by atoms with Crippen LogP contribution in [0.5, 0.6) is 0 Å². The van der Waals surface area contributed by atoms with Crippen LogP contribution >= 0.6 is 0 Å². The van der Waals surface area contributed by atoms with Gasteiger partial charge in [0.15, 0.2) is 0 Å². The van der Waals surface area contributed by atoms with E-state index in [9.17, 15) is 9.59 Å². The predicted molar refractivity (Wildman–Crippen MR) is 76.8 cm³/mol. The molecule has 2 rings (SSSR count). The van der Waals surface area contributed by atoms with Gasteiger partial charge in [-0.2, -0.15) is 0 Å². The quantitative estimate of drug-likeness (QED) is 0.863. The van der Waals surface area contributed by atoms with Gasteiger partial charge >= 0.3 is 0 Å². The molecule has 0 bridgehead atoms. The Hall–Kier alpha value is -1.88. The van der Waals surface area contributed by atoms with Crippen LogP contribution in [0.25, 0.3) is 0 Å². The van der Waals surface area contributed by atoms with Crippen LogP contribution in [0, 0.1) is 0 Å². The summed E-state index contributed by atoms with van der Waals surface area (Å²) in [6.45, 7) is 1.23. The van der Waals surface area contributed by atoms with E-state index in [1.54, 1.807) is 19.0 Å². The molecule has 0 unspecified atom stereocenters. The van der Waals surface area contributed by atoms with Gasteiger partial charge in [-0.25, -0.2) is 0 Å². The monoisotopic (exact) mass is 275 g/mol. The largest absolute Gasteiger partial charge is 0.368 e. The molecule has 108 valence electrons. The lowest BCUT2D eigenvalue weighted by Crippen LogP contribution is -2.49. The van der Waals surface area contributed by atoms with Gasteiger partial charge in [-0.1, -0.05) is 24.3 Å². The van der Waals surface area contributed by atoms with Crippen LogP contribution in [0.3, 0.4) is 0 Å². The summed E-state index contributed by atoms with van der Waals surface area (Å²) in [6, 6.07) is 7.75. The number of fused-ring (bicyclic) bond motifs is 1. The first kappa shape index (κ1) is 14.5. The minimum absolute atomic E-state index is 0.0621. The molecule has 0 aromatic heterocycles. The van der Waals surface area contributed by atoms with E-state index in [1.807, 2.05) is 23.1 Å². The Bertz CT molecular complexity index is 514. The smallest absolute Gasteiger partial charge is 0.235 e. The number of benzene rings is 1. The first-order chi connectivity index (χ1) is 9.49. The highest BCUT2D eigenvalue weighted by atomic mass is 16.2. The van der Waals surface area contributed by atoms with E-state index in [-0.39, 0.29) is 17.9 Å². The van der Waals surface area contributed by atoms with Gasteiger partial charge in [-0.3, -0.25) is 14.5 Å². The molecule has 1 heterocycles. The third kappa shape index (κ3) is 3.17. The maximum atomic E-state index is 11.7. The van der Waals surface area contributed by atoms with Gasteiger partial charge in [0.1, 0.15) is 0 Å². The molecule has 1 aliphatic heterocycles. The van der Waals surface area contributed by atoms with Crippen molar-refractivity contribution in [2.45, 2.75) is 25.4 Å². The number of amides is 2. The molecular formula is C15H21N3O2. The third-order valence-electron chi connectivity index (χ3n) is 3.79. The second kappa shape index (κ2) is 6.05. The minimum atomic E-state index is -0.322. The lowest BCUT2D eigenvalue weighted by Gasteiger charge is -2.35. The number of nitrogens with zero attached hydrogens (tertiary/aromatic N) is 2. The Morgan fingerprint density at radius 2 is 1.95 bits per heavy atom. The zero-order valence-corrected chi connectivity index (χ0v) is 12.0. The summed E-state index contributed by atoms with van der Waals surface area (Å²) in [5.41, 5.74) is 7.89. The fraction of sp³-hybridized carbons (Fsp3) is 0.467. The molecule has 2 amide bonds. The molecule has 0 fully saturated rings. The van der Waals surface area contributed by atoms with E-state index in [0.29, 0.717) is 25.9 Å². The number of primary amides is 1. The first-order valence-corrected chi connectivity index (χ1v) is 6.79. The molecule has 5 nitrogen and oxygen atoms in total. The lowest BCUT2D eigenvalue weighted by molar-refractivity contribution is -0.130. The van der Waals surface area contributed by atoms with Crippen molar-refractivity contribution >= 4 is 11.8 Å². The van der Waals surface area contributed by atoms with Gasteiger partial charge in [0, 0.05) is 33.6 Å². The third-order valence-corrected chi connectivity index (χ3v) is 3.79. The van der Waals surface area contributed by atoms with Crippen molar-refractivity contribution < 1.29 is 9.59 Å². The number of nitrogens with two attached hydrogens (primary N) is 1. The predicted octanol–water partition coefficient (Wildman–Crippen LogP) is 0.377. The molecule has 0 radical (unpaired) electrons. The average Bonchev–Trinajstić information content (AvgIpc) is 2.43. The molecule has 20 heavy (non-hydrogen) atoms. The van der Waals surface area contributed by atoms with Crippen molar-refractivity contribution in [2.24, 2.45) is 5.73 Å². The van der Waals surface area contributed by atoms with E-state index in [4.69, 9.17) is 5.73 Å². The Labute approximate surface area is 119 Å². The molecule has 2 N–H and O–H groups in total. The van der Waals surface area contributed by atoms with Crippen LogP contribution in [0.15, 0.2) is 24.3 Å². The fourth-order valence-electron chi connectivity index (χ4n) is 2.56. The van der Waals surface area contributed by atoms with Crippen molar-refractivity contribution in [3.05, 3.63) is 35.4 Å². The summed E-state index contributed by atoms with van der Waals surface area (Å²) < 4.78 is 0. The summed E-state index contributed by atoms with van der Waals surface area (Å²) >= 11 is 0. The summed E-state index contributed by atoms with van der Waals surface area (Å²) in [5.74, 6) is -0.260. The van der Waals surface area contributed by atoms with Crippen molar-refractivity contribution in [3.63, 3.8) is 0 Å². The molecular weight excluding hydrogens is 254 g/mol. The maximum absolute atomic E-state index is 11.7. The van der Waals surface area contributed by atoms with E-state index >= 15 is 0 Å².